The number of nitrogens with zero attached hydrogens (tertiary/aromatic N) is 1. The summed E-state index contributed by atoms with van der Waals surface area (Å²) in [5.41, 5.74) is 2.53. The van der Waals surface area contributed by atoms with E-state index in [0.717, 1.165) is 17.6 Å². The Hall–Kier alpha value is 0.660. The minimum atomic E-state index is -0.191. The summed E-state index contributed by atoms with van der Waals surface area (Å²) in [4.78, 5) is 0. The summed E-state index contributed by atoms with van der Waals surface area (Å²) in [5.74, 6) is 0. The molecule has 0 heterocycles. The van der Waals surface area contributed by atoms with Crippen molar-refractivity contribution in [1.29, 1.82) is 0 Å². The second-order valence-electron chi connectivity index (χ2n) is 3.88. The van der Waals surface area contributed by atoms with Gasteiger partial charge in [0.05, 0.1) is 6.54 Å². The van der Waals surface area contributed by atoms with Crippen LogP contribution in [0, 0.1) is 6.92 Å². The molecule has 0 N–H and O–H groups in total. The lowest BCUT2D eigenvalue weighted by atomic mass is 10.1. The molecule has 0 aliphatic rings. The van der Waals surface area contributed by atoms with Gasteiger partial charge in [-0.15, -0.1) is 0 Å². The van der Waals surface area contributed by atoms with Crippen LogP contribution in [-0.2, 0) is 16.0 Å². The van der Waals surface area contributed by atoms with Gasteiger partial charge in [0, 0.05) is 46.4 Å². The summed E-state index contributed by atoms with van der Waals surface area (Å²) in [6.45, 7) is 3.70. The highest BCUT2D eigenvalue weighted by molar-refractivity contribution is 14.2. The van der Waals surface area contributed by atoms with Crippen LogP contribution in [0.15, 0.2) is 22.7 Å². The Kier molecular flexibility index (Phi) is 8.13. The van der Waals surface area contributed by atoms with Crippen LogP contribution in [0.1, 0.15) is 11.1 Å². The van der Waals surface area contributed by atoms with Gasteiger partial charge >= 0.3 is 0 Å². The van der Waals surface area contributed by atoms with Crippen molar-refractivity contribution in [2.75, 3.05) is 20.8 Å². The molecule has 0 aromatic heterocycles. The fourth-order valence-electron chi connectivity index (χ4n) is 1.54. The molecule has 0 saturated carbocycles. The first-order chi connectivity index (χ1) is 8.60. The zero-order valence-corrected chi connectivity index (χ0v) is 15.2. The van der Waals surface area contributed by atoms with Gasteiger partial charge in [0.25, 0.3) is 0 Å². The van der Waals surface area contributed by atoms with E-state index in [4.69, 9.17) is 9.47 Å². The summed E-state index contributed by atoms with van der Waals surface area (Å²) in [7, 11) is 4.99. The van der Waals surface area contributed by atoms with Crippen LogP contribution in [0.3, 0.4) is 0 Å². The van der Waals surface area contributed by atoms with E-state index in [1.54, 1.807) is 23.3 Å². The van der Waals surface area contributed by atoms with E-state index in [1.165, 1.54) is 11.1 Å². The monoisotopic (exact) mass is 445 g/mol. The molecule has 3 nitrogen and oxygen atoms in total. The van der Waals surface area contributed by atoms with Crippen molar-refractivity contribution in [2.45, 2.75) is 19.8 Å². The van der Waals surface area contributed by atoms with Crippen molar-refractivity contribution >= 4 is 46.3 Å². The van der Waals surface area contributed by atoms with Crippen LogP contribution >= 0.6 is 46.3 Å². The fraction of sp³-hybridized carbons (Fsp3) is 0.500. The Morgan fingerprint density at radius 1 is 1.39 bits per heavy atom. The third-order valence-corrected chi connectivity index (χ3v) is 5.59. The molecule has 0 fully saturated rings. The van der Waals surface area contributed by atoms with Gasteiger partial charge < -0.3 is 9.47 Å². The maximum Gasteiger partial charge on any atom is 0.170 e. The second kappa shape index (κ2) is 8.76. The molecule has 0 spiro atoms. The molecule has 0 aliphatic heterocycles. The van der Waals surface area contributed by atoms with Crippen LogP contribution in [-0.4, -0.2) is 31.4 Å². The van der Waals surface area contributed by atoms with Gasteiger partial charge in [0.15, 0.2) is 6.29 Å². The predicted octanol–water partition coefficient (Wildman–Crippen LogP) is 4.18. The molecule has 0 saturated heterocycles. The van der Waals surface area contributed by atoms with E-state index >= 15 is 0 Å². The van der Waals surface area contributed by atoms with Crippen molar-refractivity contribution in [1.82, 2.24) is 4.31 Å². The SMILES string of the molecule is COC(CN(Cc1ccc(Br)c(C)c1)SI)OC. The molecule has 0 bridgehead atoms. The molecule has 0 atom stereocenters. The minimum Gasteiger partial charge on any atom is -0.355 e. The molecule has 6 heteroatoms. The number of halogens is 2. The van der Waals surface area contributed by atoms with E-state index in [-0.39, 0.29) is 6.29 Å². The maximum absolute atomic E-state index is 5.22. The fourth-order valence-corrected chi connectivity index (χ4v) is 3.06. The first-order valence-electron chi connectivity index (χ1n) is 5.45. The zero-order valence-electron chi connectivity index (χ0n) is 10.7. The molecular weight excluding hydrogens is 429 g/mol. The van der Waals surface area contributed by atoms with Crippen molar-refractivity contribution in [3.63, 3.8) is 0 Å². The van der Waals surface area contributed by atoms with E-state index in [2.05, 4.69) is 66.6 Å². The molecule has 1 aromatic rings. The van der Waals surface area contributed by atoms with E-state index < -0.39 is 0 Å². The molecule has 1 aromatic carbocycles. The third-order valence-electron chi connectivity index (χ3n) is 2.56. The zero-order chi connectivity index (χ0) is 13.5. The summed E-state index contributed by atoms with van der Waals surface area (Å²) >= 11 is 5.79. The lowest BCUT2D eigenvalue weighted by Gasteiger charge is -2.23. The van der Waals surface area contributed by atoms with Crippen LogP contribution in [0.5, 0.6) is 0 Å². The van der Waals surface area contributed by atoms with Crippen molar-refractivity contribution in [3.05, 3.63) is 33.8 Å². The average Bonchev–Trinajstić information content (AvgIpc) is 2.38. The van der Waals surface area contributed by atoms with Gasteiger partial charge in [0.2, 0.25) is 0 Å². The highest BCUT2D eigenvalue weighted by Crippen LogP contribution is 2.24. The number of hydrogen-bond acceptors (Lipinski definition) is 4. The maximum atomic E-state index is 5.22. The summed E-state index contributed by atoms with van der Waals surface area (Å²) in [6, 6.07) is 6.41. The van der Waals surface area contributed by atoms with Gasteiger partial charge in [-0.3, -0.25) is 0 Å². The lowest BCUT2D eigenvalue weighted by molar-refractivity contribution is -0.107. The highest BCUT2D eigenvalue weighted by atomic mass is 127. The number of benzene rings is 1. The summed E-state index contributed by atoms with van der Waals surface area (Å²) < 4.78 is 13.8. The largest absolute Gasteiger partial charge is 0.355 e. The predicted molar refractivity (Wildman–Crippen MR) is 88.7 cm³/mol. The van der Waals surface area contributed by atoms with E-state index in [9.17, 15) is 0 Å². The van der Waals surface area contributed by atoms with Gasteiger partial charge in [-0.1, -0.05) is 28.1 Å². The van der Waals surface area contributed by atoms with Crippen LogP contribution in [0.25, 0.3) is 0 Å². The Labute approximate surface area is 133 Å². The Morgan fingerprint density at radius 2 is 2.06 bits per heavy atom. The molecule has 102 valence electrons. The van der Waals surface area contributed by atoms with Crippen LogP contribution in [0.2, 0.25) is 0 Å². The summed E-state index contributed by atoms with van der Waals surface area (Å²) in [6.07, 6.45) is -0.191. The minimum absolute atomic E-state index is 0.191. The first kappa shape index (κ1) is 16.7. The quantitative estimate of drug-likeness (QED) is 0.356. The normalized spacial score (nSPS) is 11.5. The number of rotatable bonds is 7. The first-order valence-corrected chi connectivity index (χ1v) is 9.56. The van der Waals surface area contributed by atoms with Crippen LogP contribution in [0.4, 0.5) is 0 Å². The van der Waals surface area contributed by atoms with Crippen LogP contribution < -0.4 is 0 Å². The Balaban J connectivity index is 2.64. The standard InChI is InChI=1S/C12H17BrINO2S/c1-9-6-10(4-5-11(9)13)7-15(18-14)8-12(16-2)17-3/h4-6,12H,7-8H2,1-3H3. The topological polar surface area (TPSA) is 21.7 Å². The van der Waals surface area contributed by atoms with E-state index in [1.807, 2.05) is 0 Å². The summed E-state index contributed by atoms with van der Waals surface area (Å²) in [5, 5.41) is 0. The molecule has 0 amide bonds. The molecule has 0 aliphatic carbocycles. The van der Waals surface area contributed by atoms with Crippen molar-refractivity contribution in [3.8, 4) is 0 Å². The van der Waals surface area contributed by atoms with E-state index in [0.29, 0.717) is 0 Å². The third kappa shape index (κ3) is 5.34. The van der Waals surface area contributed by atoms with Gasteiger partial charge in [-0.25, -0.2) is 4.31 Å². The Morgan fingerprint density at radius 3 is 2.56 bits per heavy atom. The average molecular weight is 446 g/mol. The molecule has 0 unspecified atom stereocenters. The molecule has 1 rings (SSSR count). The Bertz CT molecular complexity index is 377. The van der Waals surface area contributed by atoms with Gasteiger partial charge in [-0.05, 0) is 33.2 Å². The molecular formula is C12H17BrINO2S. The number of methoxy groups -OCH3 is 2. The van der Waals surface area contributed by atoms with Gasteiger partial charge in [-0.2, -0.15) is 0 Å². The molecule has 0 radical (unpaired) electrons. The number of hydrogen-bond donors (Lipinski definition) is 0. The highest BCUT2D eigenvalue weighted by Gasteiger charge is 2.13. The lowest BCUT2D eigenvalue weighted by Crippen LogP contribution is -2.29. The second-order valence-corrected chi connectivity index (χ2v) is 6.57. The molecule has 18 heavy (non-hydrogen) atoms. The number of aryl methyl sites for hydroxylation is 1. The van der Waals surface area contributed by atoms with Crippen molar-refractivity contribution in [2.24, 2.45) is 0 Å². The van der Waals surface area contributed by atoms with Crippen molar-refractivity contribution < 1.29 is 9.47 Å². The smallest absolute Gasteiger partial charge is 0.170 e. The van der Waals surface area contributed by atoms with Gasteiger partial charge in [0.1, 0.15) is 0 Å². The number of ether oxygens (including phenoxy) is 2.